The van der Waals surface area contributed by atoms with E-state index in [1.807, 2.05) is 32.0 Å². The van der Waals surface area contributed by atoms with Gasteiger partial charge in [-0.05, 0) is 31.0 Å². The summed E-state index contributed by atoms with van der Waals surface area (Å²) in [4.78, 5) is 19.7. The van der Waals surface area contributed by atoms with Crippen molar-refractivity contribution in [1.82, 2.24) is 9.97 Å². The van der Waals surface area contributed by atoms with Crippen molar-refractivity contribution in [3.63, 3.8) is 0 Å². The Hall–Kier alpha value is -2.43. The van der Waals surface area contributed by atoms with E-state index < -0.39 is 0 Å². The molecule has 0 radical (unpaired) electrons. The number of rotatable bonds is 2. The van der Waals surface area contributed by atoms with Crippen molar-refractivity contribution < 1.29 is 4.79 Å². The predicted octanol–water partition coefficient (Wildman–Crippen LogP) is 1.93. The number of nitrogen functional groups attached to an aromatic ring is 1. The van der Waals surface area contributed by atoms with Crippen LogP contribution in [0.5, 0.6) is 0 Å². The van der Waals surface area contributed by atoms with Gasteiger partial charge in [-0.2, -0.15) is 0 Å². The number of hydrogen-bond acceptors (Lipinski definition) is 4. The van der Waals surface area contributed by atoms with Crippen LogP contribution in [-0.4, -0.2) is 15.9 Å². The first-order valence-corrected chi connectivity index (χ1v) is 5.53. The zero-order valence-electron chi connectivity index (χ0n) is 10.3. The number of carbonyl (C=O) groups is 1. The molecule has 5 heteroatoms. The highest BCUT2D eigenvalue weighted by atomic mass is 16.1. The first kappa shape index (κ1) is 12.0. The average molecular weight is 242 g/mol. The van der Waals surface area contributed by atoms with Gasteiger partial charge in [0.15, 0.2) is 0 Å². The summed E-state index contributed by atoms with van der Waals surface area (Å²) in [5.41, 5.74) is 8.61. The Bertz CT molecular complexity index is 595. The fourth-order valence-corrected chi connectivity index (χ4v) is 1.56. The van der Waals surface area contributed by atoms with Gasteiger partial charge in [0, 0.05) is 5.69 Å². The van der Waals surface area contributed by atoms with Crippen molar-refractivity contribution in [2.45, 2.75) is 13.8 Å². The van der Waals surface area contributed by atoms with Crippen LogP contribution >= 0.6 is 0 Å². The van der Waals surface area contributed by atoms with Crippen LogP contribution in [0.3, 0.4) is 0 Å². The molecule has 0 bridgehead atoms. The fourth-order valence-electron chi connectivity index (χ4n) is 1.56. The lowest BCUT2D eigenvalue weighted by Gasteiger charge is -2.09. The molecule has 0 spiro atoms. The van der Waals surface area contributed by atoms with Gasteiger partial charge in [0.25, 0.3) is 5.91 Å². The first-order chi connectivity index (χ1) is 8.58. The molecule has 0 fully saturated rings. The van der Waals surface area contributed by atoms with Gasteiger partial charge in [-0.1, -0.05) is 12.1 Å². The summed E-state index contributed by atoms with van der Waals surface area (Å²) in [6.45, 7) is 3.95. The van der Waals surface area contributed by atoms with Crippen LogP contribution in [0.25, 0.3) is 0 Å². The van der Waals surface area contributed by atoms with Gasteiger partial charge in [-0.3, -0.25) is 9.78 Å². The highest BCUT2D eigenvalue weighted by Gasteiger charge is 2.10. The Morgan fingerprint density at radius 2 is 2.06 bits per heavy atom. The molecular weight excluding hydrogens is 228 g/mol. The molecule has 1 aromatic carbocycles. The van der Waals surface area contributed by atoms with E-state index >= 15 is 0 Å². The molecule has 0 unspecified atom stereocenters. The molecule has 2 rings (SSSR count). The smallest absolute Gasteiger partial charge is 0.275 e. The zero-order chi connectivity index (χ0) is 13.1. The lowest BCUT2D eigenvalue weighted by atomic mass is 10.1. The number of anilines is 2. The number of aromatic nitrogens is 2. The molecule has 5 nitrogen and oxygen atoms in total. The molecule has 18 heavy (non-hydrogen) atoms. The van der Waals surface area contributed by atoms with Crippen LogP contribution in [0, 0.1) is 13.8 Å². The molecule has 2 aromatic rings. The number of nitrogens with one attached hydrogen (secondary N) is 1. The third-order valence-electron chi connectivity index (χ3n) is 2.74. The molecule has 1 amide bonds. The lowest BCUT2D eigenvalue weighted by molar-refractivity contribution is 0.102. The number of aryl methyl sites for hydroxylation is 1. The predicted molar refractivity (Wildman–Crippen MR) is 70.3 cm³/mol. The van der Waals surface area contributed by atoms with E-state index in [0.717, 1.165) is 16.8 Å². The second-order valence-electron chi connectivity index (χ2n) is 4.03. The third kappa shape index (κ3) is 2.45. The molecule has 0 aliphatic carbocycles. The summed E-state index contributed by atoms with van der Waals surface area (Å²) in [5.74, 6) is -0.0906. The second kappa shape index (κ2) is 4.83. The van der Waals surface area contributed by atoms with Gasteiger partial charge in [0.05, 0.1) is 12.4 Å². The minimum atomic E-state index is -0.316. The number of amides is 1. The maximum atomic E-state index is 12.0. The SMILES string of the molecule is Cc1cccc(NC(=O)c2cncc(N)n2)c1C. The number of benzene rings is 1. The van der Waals surface area contributed by atoms with E-state index in [4.69, 9.17) is 5.73 Å². The van der Waals surface area contributed by atoms with Gasteiger partial charge in [-0.25, -0.2) is 4.98 Å². The van der Waals surface area contributed by atoms with Crippen LogP contribution < -0.4 is 11.1 Å². The van der Waals surface area contributed by atoms with Crippen LogP contribution in [0.4, 0.5) is 11.5 Å². The van der Waals surface area contributed by atoms with Crippen molar-refractivity contribution >= 4 is 17.4 Å². The van der Waals surface area contributed by atoms with E-state index in [2.05, 4.69) is 15.3 Å². The van der Waals surface area contributed by atoms with Crippen molar-refractivity contribution in [3.05, 3.63) is 47.4 Å². The normalized spacial score (nSPS) is 10.1. The average Bonchev–Trinajstić information content (AvgIpc) is 2.35. The summed E-state index contributed by atoms with van der Waals surface area (Å²) in [5, 5.41) is 2.80. The van der Waals surface area contributed by atoms with E-state index in [0.29, 0.717) is 0 Å². The summed E-state index contributed by atoms with van der Waals surface area (Å²) in [6.07, 6.45) is 2.78. The van der Waals surface area contributed by atoms with Crippen LogP contribution in [-0.2, 0) is 0 Å². The molecule has 3 N–H and O–H groups in total. The van der Waals surface area contributed by atoms with Gasteiger partial charge >= 0.3 is 0 Å². The lowest BCUT2D eigenvalue weighted by Crippen LogP contribution is -2.15. The second-order valence-corrected chi connectivity index (χ2v) is 4.03. The molecule has 0 saturated heterocycles. The van der Waals surface area contributed by atoms with E-state index in [1.165, 1.54) is 12.4 Å². The van der Waals surface area contributed by atoms with Crippen molar-refractivity contribution in [2.24, 2.45) is 0 Å². The highest BCUT2D eigenvalue weighted by molar-refractivity contribution is 6.03. The van der Waals surface area contributed by atoms with Gasteiger partial charge in [0.1, 0.15) is 11.5 Å². The summed E-state index contributed by atoms with van der Waals surface area (Å²) >= 11 is 0. The molecule has 92 valence electrons. The van der Waals surface area contributed by atoms with Gasteiger partial charge in [-0.15, -0.1) is 0 Å². The molecule has 0 saturated carbocycles. The Labute approximate surface area is 105 Å². The van der Waals surface area contributed by atoms with Gasteiger partial charge in [0.2, 0.25) is 0 Å². The number of hydrogen-bond donors (Lipinski definition) is 2. The van der Waals surface area contributed by atoms with Crippen LogP contribution in [0.1, 0.15) is 21.6 Å². The van der Waals surface area contributed by atoms with E-state index in [9.17, 15) is 4.79 Å². The van der Waals surface area contributed by atoms with Crippen molar-refractivity contribution in [2.75, 3.05) is 11.1 Å². The molecule has 0 aliphatic heterocycles. The van der Waals surface area contributed by atoms with Gasteiger partial charge < -0.3 is 11.1 Å². The maximum absolute atomic E-state index is 12.0. The standard InChI is InChI=1S/C13H14N4O/c1-8-4-3-5-10(9(8)2)17-13(18)11-6-15-7-12(14)16-11/h3-7H,1-2H3,(H2,14,16)(H,17,18). The molecule has 0 aliphatic rings. The minimum Gasteiger partial charge on any atom is -0.382 e. The largest absolute Gasteiger partial charge is 0.382 e. The Balaban J connectivity index is 2.24. The maximum Gasteiger partial charge on any atom is 0.275 e. The molecule has 1 heterocycles. The summed E-state index contributed by atoms with van der Waals surface area (Å²) in [6, 6.07) is 5.73. The highest BCUT2D eigenvalue weighted by Crippen LogP contribution is 2.18. The van der Waals surface area contributed by atoms with E-state index in [1.54, 1.807) is 0 Å². The summed E-state index contributed by atoms with van der Waals surface area (Å²) < 4.78 is 0. The molecular formula is C13H14N4O. The first-order valence-electron chi connectivity index (χ1n) is 5.53. The zero-order valence-corrected chi connectivity index (χ0v) is 10.3. The van der Waals surface area contributed by atoms with Crippen molar-refractivity contribution in [3.8, 4) is 0 Å². The fraction of sp³-hybridized carbons (Fsp3) is 0.154. The number of nitrogens with zero attached hydrogens (tertiary/aromatic N) is 2. The van der Waals surface area contributed by atoms with E-state index in [-0.39, 0.29) is 17.4 Å². The quantitative estimate of drug-likeness (QED) is 0.843. The van der Waals surface area contributed by atoms with Crippen LogP contribution in [0.2, 0.25) is 0 Å². The Kier molecular flexibility index (Phi) is 3.23. The Morgan fingerprint density at radius 3 is 2.78 bits per heavy atom. The third-order valence-corrected chi connectivity index (χ3v) is 2.74. The topological polar surface area (TPSA) is 80.9 Å². The molecule has 0 atom stereocenters. The van der Waals surface area contributed by atoms with Crippen LogP contribution in [0.15, 0.2) is 30.6 Å². The molecule has 1 aromatic heterocycles. The van der Waals surface area contributed by atoms with Crippen molar-refractivity contribution in [1.29, 1.82) is 0 Å². The monoisotopic (exact) mass is 242 g/mol. The number of nitrogens with two attached hydrogens (primary N) is 1. The number of carbonyl (C=O) groups excluding carboxylic acids is 1. The summed E-state index contributed by atoms with van der Waals surface area (Å²) in [7, 11) is 0. The Morgan fingerprint density at radius 1 is 1.28 bits per heavy atom. The minimum absolute atomic E-state index is 0.205.